The van der Waals surface area contributed by atoms with Gasteiger partial charge in [0.1, 0.15) is 0 Å². The Hall–Kier alpha value is -3.25. The number of primary amides is 1. The molecule has 2 heterocycles. The number of benzene rings is 1. The molecule has 0 radical (unpaired) electrons. The highest BCUT2D eigenvalue weighted by Crippen LogP contribution is 2.70. The molecule has 1 saturated heterocycles. The number of likely N-dealkylation sites (tertiary alicyclic amines) is 1. The standard InChI is InChI=1S/C23H22F2N4O3/c1-21-12-16-15(11-17(21)23(21,24)25)18(19(26)30)27-29(16)14-5-3-4-13(10-14)6-7-22(32)8-9-28(2)20(22)31/h3-5,10,17,32H,8-9,11-12H2,1-2H3,(H2,26,30)/t17?,21-,22+/m1/s1. The van der Waals surface area contributed by atoms with Crippen molar-refractivity contribution in [1.82, 2.24) is 14.7 Å². The van der Waals surface area contributed by atoms with Crippen molar-refractivity contribution in [3.63, 3.8) is 0 Å². The summed E-state index contributed by atoms with van der Waals surface area (Å²) in [6.07, 6.45) is 0.355. The molecule has 2 aromatic rings. The zero-order valence-corrected chi connectivity index (χ0v) is 17.7. The van der Waals surface area contributed by atoms with Crippen molar-refractivity contribution in [3.8, 4) is 17.5 Å². The molecule has 3 atom stereocenters. The molecule has 166 valence electrons. The third-order valence-corrected chi connectivity index (χ3v) is 7.16. The van der Waals surface area contributed by atoms with Crippen molar-refractivity contribution in [3.05, 3.63) is 46.8 Å². The zero-order chi connectivity index (χ0) is 23.1. The van der Waals surface area contributed by atoms with Crippen LogP contribution in [0.4, 0.5) is 8.78 Å². The Bertz CT molecular complexity index is 1240. The Balaban J connectivity index is 1.54. The molecule has 1 aromatic heterocycles. The summed E-state index contributed by atoms with van der Waals surface area (Å²) in [5, 5.41) is 14.9. The van der Waals surface area contributed by atoms with E-state index in [1.807, 2.05) is 0 Å². The Labute approximate surface area is 183 Å². The first-order valence-electron chi connectivity index (χ1n) is 10.4. The molecule has 0 bridgehead atoms. The lowest BCUT2D eigenvalue weighted by Gasteiger charge is -2.18. The van der Waals surface area contributed by atoms with E-state index in [2.05, 4.69) is 16.9 Å². The normalized spacial score (nSPS) is 29.7. The predicted molar refractivity (Wildman–Crippen MR) is 110 cm³/mol. The van der Waals surface area contributed by atoms with Gasteiger partial charge in [0.15, 0.2) is 5.69 Å². The molecule has 3 N–H and O–H groups in total. The summed E-state index contributed by atoms with van der Waals surface area (Å²) in [6, 6.07) is 6.83. The van der Waals surface area contributed by atoms with Gasteiger partial charge in [0.05, 0.1) is 5.69 Å². The summed E-state index contributed by atoms with van der Waals surface area (Å²) in [5.74, 6) is 0.681. The zero-order valence-electron chi connectivity index (χ0n) is 17.7. The van der Waals surface area contributed by atoms with E-state index in [4.69, 9.17) is 5.73 Å². The van der Waals surface area contributed by atoms with Crippen molar-refractivity contribution >= 4 is 11.8 Å². The smallest absolute Gasteiger partial charge is 0.269 e. The van der Waals surface area contributed by atoms with E-state index < -0.39 is 34.7 Å². The van der Waals surface area contributed by atoms with E-state index in [1.54, 1.807) is 38.2 Å². The van der Waals surface area contributed by atoms with Gasteiger partial charge in [0, 0.05) is 54.6 Å². The Morgan fingerprint density at radius 3 is 2.78 bits per heavy atom. The molecule has 2 fully saturated rings. The number of hydrogen-bond donors (Lipinski definition) is 2. The number of fused-ring (bicyclic) bond motifs is 2. The summed E-state index contributed by atoms with van der Waals surface area (Å²) < 4.78 is 30.3. The Kier molecular flexibility index (Phi) is 4.12. The van der Waals surface area contributed by atoms with E-state index in [1.165, 1.54) is 9.58 Å². The van der Waals surface area contributed by atoms with Gasteiger partial charge in [-0.05, 0) is 24.6 Å². The molecule has 32 heavy (non-hydrogen) atoms. The third-order valence-electron chi connectivity index (χ3n) is 7.16. The van der Waals surface area contributed by atoms with Gasteiger partial charge in [-0.25, -0.2) is 13.5 Å². The molecule has 5 rings (SSSR count). The van der Waals surface area contributed by atoms with Crippen LogP contribution >= 0.6 is 0 Å². The van der Waals surface area contributed by atoms with Gasteiger partial charge in [-0.2, -0.15) is 5.10 Å². The number of nitrogens with two attached hydrogens (primary N) is 1. The van der Waals surface area contributed by atoms with Crippen LogP contribution in [0.15, 0.2) is 24.3 Å². The first-order chi connectivity index (χ1) is 15.0. The molecule has 1 saturated carbocycles. The van der Waals surface area contributed by atoms with E-state index >= 15 is 0 Å². The molecule has 2 aliphatic carbocycles. The number of carbonyl (C=O) groups excluding carboxylic acids is 2. The van der Waals surface area contributed by atoms with Crippen LogP contribution in [-0.2, 0) is 17.6 Å². The van der Waals surface area contributed by atoms with Gasteiger partial charge in [0.2, 0.25) is 5.60 Å². The van der Waals surface area contributed by atoms with Crippen LogP contribution in [0, 0.1) is 23.2 Å². The lowest BCUT2D eigenvalue weighted by molar-refractivity contribution is -0.137. The second-order valence-corrected chi connectivity index (χ2v) is 9.16. The van der Waals surface area contributed by atoms with Crippen LogP contribution in [0.3, 0.4) is 0 Å². The maximum atomic E-state index is 14.4. The van der Waals surface area contributed by atoms with Gasteiger partial charge in [0.25, 0.3) is 17.7 Å². The monoisotopic (exact) mass is 440 g/mol. The van der Waals surface area contributed by atoms with Crippen molar-refractivity contribution < 1.29 is 23.5 Å². The molecule has 7 nitrogen and oxygen atoms in total. The number of aromatic nitrogens is 2. The van der Waals surface area contributed by atoms with Gasteiger partial charge >= 0.3 is 0 Å². The minimum atomic E-state index is -2.80. The van der Waals surface area contributed by atoms with Crippen molar-refractivity contribution in [2.24, 2.45) is 17.1 Å². The Morgan fingerprint density at radius 2 is 2.12 bits per heavy atom. The summed E-state index contributed by atoms with van der Waals surface area (Å²) in [6.45, 7) is 1.98. The van der Waals surface area contributed by atoms with Crippen molar-refractivity contribution in [2.45, 2.75) is 37.7 Å². The number of likely N-dealkylation sites (N-methyl/N-ethyl adjacent to an activating group) is 1. The summed E-state index contributed by atoms with van der Waals surface area (Å²) in [4.78, 5) is 25.5. The van der Waals surface area contributed by atoms with Crippen LogP contribution in [0.25, 0.3) is 5.69 Å². The molecule has 9 heteroatoms. The van der Waals surface area contributed by atoms with Gasteiger partial charge in [-0.3, -0.25) is 9.59 Å². The van der Waals surface area contributed by atoms with Crippen molar-refractivity contribution in [1.29, 1.82) is 0 Å². The van der Waals surface area contributed by atoms with E-state index in [0.717, 1.165) is 0 Å². The van der Waals surface area contributed by atoms with E-state index in [-0.39, 0.29) is 25.0 Å². The van der Waals surface area contributed by atoms with Crippen molar-refractivity contribution in [2.75, 3.05) is 13.6 Å². The molecular weight excluding hydrogens is 418 g/mol. The molecule has 1 aliphatic heterocycles. The fraction of sp³-hybridized carbons (Fsp3) is 0.435. The van der Waals surface area contributed by atoms with Crippen LogP contribution in [0.2, 0.25) is 0 Å². The van der Waals surface area contributed by atoms with Gasteiger partial charge < -0.3 is 15.7 Å². The number of aliphatic hydroxyl groups is 1. The molecule has 1 unspecified atom stereocenters. The maximum Gasteiger partial charge on any atom is 0.269 e. The first kappa shape index (κ1) is 20.6. The molecule has 0 spiro atoms. The summed E-state index contributed by atoms with van der Waals surface area (Å²) in [7, 11) is 1.61. The van der Waals surface area contributed by atoms with Crippen LogP contribution < -0.4 is 5.73 Å². The number of carbonyl (C=O) groups is 2. The minimum absolute atomic E-state index is 0.00939. The maximum absolute atomic E-state index is 14.4. The second kappa shape index (κ2) is 6.39. The highest BCUT2D eigenvalue weighted by molar-refractivity contribution is 5.93. The molecule has 3 aliphatic rings. The quantitative estimate of drug-likeness (QED) is 0.687. The topological polar surface area (TPSA) is 101 Å². The highest BCUT2D eigenvalue weighted by Gasteiger charge is 2.78. The van der Waals surface area contributed by atoms with Crippen LogP contribution in [0.5, 0.6) is 0 Å². The second-order valence-electron chi connectivity index (χ2n) is 9.16. The number of amides is 2. The lowest BCUT2D eigenvalue weighted by atomic mass is 9.87. The number of rotatable bonds is 2. The van der Waals surface area contributed by atoms with E-state index in [9.17, 15) is 23.5 Å². The number of nitrogens with zero attached hydrogens (tertiary/aromatic N) is 3. The van der Waals surface area contributed by atoms with Crippen LogP contribution in [0.1, 0.15) is 40.7 Å². The lowest BCUT2D eigenvalue weighted by Crippen LogP contribution is -2.37. The number of alkyl halides is 2. The highest BCUT2D eigenvalue weighted by atomic mass is 19.3. The fourth-order valence-electron chi connectivity index (χ4n) is 4.97. The average molecular weight is 440 g/mol. The summed E-state index contributed by atoms with van der Waals surface area (Å²) in [5.41, 5.74) is 4.68. The number of halogens is 2. The molecule has 1 aromatic carbocycles. The SMILES string of the molecule is CN1CC[C@@](O)(C#Cc2cccc(-n3nc(C(N)=O)c4c3C[C@]3(C)C(C4)C3(F)F)c2)C1=O. The Morgan fingerprint density at radius 1 is 1.38 bits per heavy atom. The third kappa shape index (κ3) is 2.72. The van der Waals surface area contributed by atoms with E-state index in [0.29, 0.717) is 29.1 Å². The fourth-order valence-corrected chi connectivity index (χ4v) is 4.97. The van der Waals surface area contributed by atoms with Crippen LogP contribution in [-0.4, -0.2) is 56.7 Å². The first-order valence-corrected chi connectivity index (χ1v) is 10.4. The molecule has 2 amide bonds. The largest absolute Gasteiger partial charge is 0.369 e. The number of hydrogen-bond acceptors (Lipinski definition) is 4. The van der Waals surface area contributed by atoms with Gasteiger partial charge in [-0.1, -0.05) is 24.8 Å². The van der Waals surface area contributed by atoms with Gasteiger partial charge in [-0.15, -0.1) is 0 Å². The predicted octanol–water partition coefficient (Wildman–Crippen LogP) is 1.29. The average Bonchev–Trinajstić information content (AvgIpc) is 3.02. The summed E-state index contributed by atoms with van der Waals surface area (Å²) >= 11 is 0. The minimum Gasteiger partial charge on any atom is -0.369 e. The molecular formula is C23H22F2N4O3.